The molecule has 1 aliphatic heterocycles. The molecule has 0 saturated carbocycles. The third-order valence-electron chi connectivity index (χ3n) is 4.65. The van der Waals surface area contributed by atoms with Crippen molar-refractivity contribution in [3.63, 3.8) is 0 Å². The molecular weight excluding hydrogens is 355 g/mol. The van der Waals surface area contributed by atoms with E-state index in [9.17, 15) is 0 Å². The molecule has 1 saturated heterocycles. The van der Waals surface area contributed by atoms with Gasteiger partial charge in [0, 0.05) is 31.0 Å². The summed E-state index contributed by atoms with van der Waals surface area (Å²) < 4.78 is 0. The topological polar surface area (TPSA) is 67.3 Å². The molecule has 0 bridgehead atoms. The number of likely N-dealkylation sites (tertiary alicyclic amines) is 1. The zero-order chi connectivity index (χ0) is 19.5. The van der Waals surface area contributed by atoms with Crippen LogP contribution in [0, 0.1) is 6.54 Å². The van der Waals surface area contributed by atoms with Gasteiger partial charge in [0.1, 0.15) is 0 Å². The number of hydrogen-bond acceptors (Lipinski definition) is 4. The molecule has 5 heteroatoms. The van der Waals surface area contributed by atoms with Crippen LogP contribution in [0.4, 0.5) is 0 Å². The number of hydrogen-bond donors (Lipinski definition) is 3. The van der Waals surface area contributed by atoms with Gasteiger partial charge in [0.2, 0.25) is 0 Å². The van der Waals surface area contributed by atoms with Gasteiger partial charge in [0.25, 0.3) is 0 Å². The summed E-state index contributed by atoms with van der Waals surface area (Å²) in [5.74, 6) is 0. The van der Waals surface area contributed by atoms with Crippen molar-refractivity contribution in [2.24, 2.45) is 11.5 Å². The molecule has 28 heavy (non-hydrogen) atoms. The number of nitrogens with zero attached hydrogens (tertiary/aromatic N) is 1. The normalized spacial score (nSPS) is 14.9. The van der Waals surface area contributed by atoms with Gasteiger partial charge < -0.3 is 21.7 Å². The van der Waals surface area contributed by atoms with Crippen LogP contribution >= 0.6 is 0 Å². The molecule has 4 nitrogen and oxygen atoms in total. The Morgan fingerprint density at radius 2 is 1.68 bits per heavy atom. The van der Waals surface area contributed by atoms with Gasteiger partial charge in [-0.15, -0.1) is 18.7 Å². The van der Waals surface area contributed by atoms with Gasteiger partial charge in [-0.2, -0.15) is 17.7 Å². The Bertz CT molecular complexity index is 703. The summed E-state index contributed by atoms with van der Waals surface area (Å²) >= 11 is 0. The largest absolute Gasteiger partial charge is 1.00 e. The minimum Gasteiger partial charge on any atom is -0.383 e. The maximum absolute atomic E-state index is 5.69. The maximum Gasteiger partial charge on any atom is 1.00 e. The molecule has 1 atom stereocenters. The molecular formula is C23H31N4Na. The van der Waals surface area contributed by atoms with Gasteiger partial charge in [-0.1, -0.05) is 49.6 Å². The Labute approximate surface area is 192 Å². The van der Waals surface area contributed by atoms with E-state index >= 15 is 0 Å². The van der Waals surface area contributed by atoms with Gasteiger partial charge in [-0.3, -0.25) is 0 Å². The van der Waals surface area contributed by atoms with E-state index in [1.54, 1.807) is 6.54 Å². The Balaban J connectivity index is 0.000000367. The summed E-state index contributed by atoms with van der Waals surface area (Å²) in [5.41, 5.74) is 15.3. The molecule has 1 fully saturated rings. The van der Waals surface area contributed by atoms with Crippen molar-refractivity contribution in [1.29, 1.82) is 0 Å². The van der Waals surface area contributed by atoms with Crippen molar-refractivity contribution in [3.05, 3.63) is 103 Å². The van der Waals surface area contributed by atoms with E-state index in [4.69, 9.17) is 11.5 Å². The molecule has 3 rings (SSSR count). The van der Waals surface area contributed by atoms with Crippen molar-refractivity contribution < 1.29 is 29.6 Å². The fourth-order valence-electron chi connectivity index (χ4n) is 3.12. The van der Waals surface area contributed by atoms with E-state index in [1.165, 1.54) is 12.0 Å². The van der Waals surface area contributed by atoms with Gasteiger partial charge in [0.05, 0.1) is 6.04 Å². The first-order valence-electron chi connectivity index (χ1n) is 9.36. The summed E-state index contributed by atoms with van der Waals surface area (Å²) in [6, 6.07) is 20.5. The van der Waals surface area contributed by atoms with E-state index in [-0.39, 0.29) is 29.6 Å². The number of nitrogens with two attached hydrogens (primary N) is 2. The van der Waals surface area contributed by atoms with Crippen LogP contribution in [0.15, 0.2) is 85.2 Å². The smallest absolute Gasteiger partial charge is 0.383 e. The van der Waals surface area contributed by atoms with Crippen molar-refractivity contribution in [2.75, 3.05) is 13.1 Å². The predicted octanol–water partition coefficient (Wildman–Crippen LogP) is 0.386. The first-order valence-corrected chi connectivity index (χ1v) is 9.36. The molecule has 144 valence electrons. The Morgan fingerprint density at radius 3 is 2.21 bits per heavy atom. The Kier molecular flexibility index (Phi) is 11.7. The van der Waals surface area contributed by atoms with Crippen LogP contribution < -0.4 is 46.3 Å². The van der Waals surface area contributed by atoms with E-state index in [1.807, 2.05) is 36.4 Å². The molecule has 0 spiro atoms. The van der Waals surface area contributed by atoms with Gasteiger partial charge in [0.15, 0.2) is 0 Å². The van der Waals surface area contributed by atoms with Crippen LogP contribution in [0.3, 0.4) is 0 Å². The van der Waals surface area contributed by atoms with Crippen molar-refractivity contribution >= 4 is 0 Å². The molecule has 1 unspecified atom stereocenters. The van der Waals surface area contributed by atoms with Crippen LogP contribution in [0.1, 0.15) is 24.0 Å². The molecule has 0 amide bonds. The second-order valence-electron chi connectivity index (χ2n) is 6.56. The van der Waals surface area contributed by atoms with Crippen LogP contribution in [-0.2, 0) is 6.54 Å². The SMILES string of the molecule is C=C(NCc1ccccc1)C1CCCN1C(=C)CN.N[CH-]c1ccccc1.[Na+]. The third-order valence-corrected chi connectivity index (χ3v) is 4.65. The van der Waals surface area contributed by atoms with Crippen molar-refractivity contribution in [2.45, 2.75) is 25.4 Å². The van der Waals surface area contributed by atoms with Crippen molar-refractivity contribution in [3.8, 4) is 0 Å². The van der Waals surface area contributed by atoms with Crippen LogP contribution in [0.25, 0.3) is 0 Å². The fourth-order valence-corrected chi connectivity index (χ4v) is 3.12. The summed E-state index contributed by atoms with van der Waals surface area (Å²) in [4.78, 5) is 2.28. The molecule has 1 heterocycles. The zero-order valence-electron chi connectivity index (χ0n) is 17.0. The van der Waals surface area contributed by atoms with Gasteiger partial charge in [-0.05, 0) is 18.4 Å². The van der Waals surface area contributed by atoms with Crippen LogP contribution in [0.5, 0.6) is 0 Å². The molecule has 2 aromatic carbocycles. The quantitative estimate of drug-likeness (QED) is 0.476. The number of nitrogens with one attached hydrogen (secondary N) is 1. The predicted molar refractivity (Wildman–Crippen MR) is 114 cm³/mol. The fraction of sp³-hybridized carbons (Fsp3) is 0.261. The van der Waals surface area contributed by atoms with E-state index in [0.717, 1.165) is 36.5 Å². The molecule has 0 radical (unpaired) electrons. The second-order valence-corrected chi connectivity index (χ2v) is 6.56. The van der Waals surface area contributed by atoms with Gasteiger partial charge >= 0.3 is 29.6 Å². The summed E-state index contributed by atoms with van der Waals surface area (Å²) in [6.07, 6.45) is 2.30. The van der Waals surface area contributed by atoms with Crippen molar-refractivity contribution in [1.82, 2.24) is 10.2 Å². The average molecular weight is 387 g/mol. The standard InChI is InChI=1S/C16H23N3.C7H8N.Na/c1-13(11-17)19-10-6-9-16(19)14(2)18-12-15-7-4-3-5-8-15;8-6-7-4-2-1-3-5-7;/h3-5,7-8,16,18H,1-2,6,9-12,17H2;1-6H,8H2;/q;-1;+1. The van der Waals surface area contributed by atoms with E-state index in [2.05, 4.69) is 47.6 Å². The Hall–Kier alpha value is -1.69. The molecule has 1 aliphatic rings. The minimum absolute atomic E-state index is 0. The summed E-state index contributed by atoms with van der Waals surface area (Å²) in [5, 5.41) is 3.43. The van der Waals surface area contributed by atoms with E-state index < -0.39 is 0 Å². The Morgan fingerprint density at radius 1 is 1.07 bits per heavy atom. The molecule has 0 aliphatic carbocycles. The monoisotopic (exact) mass is 386 g/mol. The van der Waals surface area contributed by atoms with Crippen LogP contribution in [0.2, 0.25) is 0 Å². The minimum atomic E-state index is 0. The van der Waals surface area contributed by atoms with Crippen LogP contribution in [-0.4, -0.2) is 24.0 Å². The average Bonchev–Trinajstić information content (AvgIpc) is 3.23. The first kappa shape index (κ1) is 24.3. The number of rotatable bonds is 7. The molecule has 0 aromatic heterocycles. The number of benzene rings is 2. The van der Waals surface area contributed by atoms with Gasteiger partial charge in [-0.25, -0.2) is 0 Å². The zero-order valence-corrected chi connectivity index (χ0v) is 19.0. The second kappa shape index (κ2) is 13.5. The first-order chi connectivity index (χ1) is 13.2. The summed E-state index contributed by atoms with van der Waals surface area (Å²) in [7, 11) is 0. The maximum atomic E-state index is 5.69. The molecule has 5 N–H and O–H groups in total. The third kappa shape index (κ3) is 7.74. The van der Waals surface area contributed by atoms with E-state index in [0.29, 0.717) is 12.6 Å². The summed E-state index contributed by atoms with van der Waals surface area (Å²) in [6.45, 7) is 12.2. The molecule has 2 aromatic rings.